The van der Waals surface area contributed by atoms with Crippen LogP contribution in [0.4, 0.5) is 0 Å². The van der Waals surface area contributed by atoms with E-state index < -0.39 is 0 Å². The largest absolute Gasteiger partial charge is 0.330 e. The molecule has 0 fully saturated rings. The second kappa shape index (κ2) is 7.46. The van der Waals surface area contributed by atoms with Gasteiger partial charge in [-0.25, -0.2) is 0 Å². The van der Waals surface area contributed by atoms with Crippen molar-refractivity contribution in [2.24, 2.45) is 17.6 Å². The fraction of sp³-hybridized carbons (Fsp3) is 0.600. The SMILES string of the molecule is CCN(Cc1ccccc1)CC(C)C(C)CN. The highest BCUT2D eigenvalue weighted by Gasteiger charge is 2.14. The van der Waals surface area contributed by atoms with Crippen molar-refractivity contribution < 1.29 is 0 Å². The van der Waals surface area contributed by atoms with Crippen molar-refractivity contribution in [3.63, 3.8) is 0 Å². The van der Waals surface area contributed by atoms with Crippen molar-refractivity contribution >= 4 is 0 Å². The maximum Gasteiger partial charge on any atom is 0.0233 e. The van der Waals surface area contributed by atoms with Crippen molar-refractivity contribution in [2.45, 2.75) is 27.3 Å². The summed E-state index contributed by atoms with van der Waals surface area (Å²) in [4.78, 5) is 2.49. The van der Waals surface area contributed by atoms with Crippen LogP contribution in [0.25, 0.3) is 0 Å². The van der Waals surface area contributed by atoms with E-state index in [1.54, 1.807) is 0 Å². The van der Waals surface area contributed by atoms with Gasteiger partial charge in [0.15, 0.2) is 0 Å². The van der Waals surface area contributed by atoms with Crippen molar-refractivity contribution in [1.82, 2.24) is 4.90 Å². The molecule has 2 unspecified atom stereocenters. The lowest BCUT2D eigenvalue weighted by molar-refractivity contribution is 0.209. The number of rotatable bonds is 7. The molecule has 1 aromatic rings. The normalized spacial score (nSPS) is 14.9. The van der Waals surface area contributed by atoms with E-state index in [1.807, 2.05) is 0 Å². The van der Waals surface area contributed by atoms with Crippen molar-refractivity contribution in [2.75, 3.05) is 19.6 Å². The molecular weight excluding hydrogens is 208 g/mol. The molecule has 0 spiro atoms. The van der Waals surface area contributed by atoms with Crippen molar-refractivity contribution in [1.29, 1.82) is 0 Å². The summed E-state index contributed by atoms with van der Waals surface area (Å²) in [5.74, 6) is 1.25. The molecule has 0 heterocycles. The van der Waals surface area contributed by atoms with E-state index in [0.717, 1.165) is 26.2 Å². The molecule has 1 rings (SSSR count). The van der Waals surface area contributed by atoms with E-state index >= 15 is 0 Å². The first-order valence-corrected chi connectivity index (χ1v) is 6.63. The van der Waals surface area contributed by atoms with E-state index in [1.165, 1.54) is 5.56 Å². The van der Waals surface area contributed by atoms with Gasteiger partial charge in [-0.3, -0.25) is 4.90 Å². The molecule has 96 valence electrons. The van der Waals surface area contributed by atoms with Gasteiger partial charge in [-0.2, -0.15) is 0 Å². The average molecular weight is 234 g/mol. The molecule has 0 aliphatic heterocycles. The Morgan fingerprint density at radius 1 is 1.12 bits per heavy atom. The van der Waals surface area contributed by atoms with Crippen LogP contribution in [0.15, 0.2) is 30.3 Å². The third-order valence-corrected chi connectivity index (χ3v) is 3.59. The molecule has 0 saturated heterocycles. The van der Waals surface area contributed by atoms with Gasteiger partial charge in [0.1, 0.15) is 0 Å². The van der Waals surface area contributed by atoms with Gasteiger partial charge < -0.3 is 5.73 Å². The van der Waals surface area contributed by atoms with Gasteiger partial charge in [0.05, 0.1) is 0 Å². The highest BCUT2D eigenvalue weighted by molar-refractivity contribution is 5.14. The Bertz CT molecular complexity index is 297. The van der Waals surface area contributed by atoms with E-state index in [9.17, 15) is 0 Å². The highest BCUT2D eigenvalue weighted by atomic mass is 15.1. The third-order valence-electron chi connectivity index (χ3n) is 3.59. The zero-order valence-electron chi connectivity index (χ0n) is 11.4. The standard InChI is InChI=1S/C15H26N2/c1-4-17(11-14(3)13(2)10-16)12-15-8-6-5-7-9-15/h5-9,13-14H,4,10-12,16H2,1-3H3. The summed E-state index contributed by atoms with van der Waals surface area (Å²) in [6.07, 6.45) is 0. The zero-order valence-corrected chi connectivity index (χ0v) is 11.4. The first-order valence-electron chi connectivity index (χ1n) is 6.63. The van der Waals surface area contributed by atoms with Crippen molar-refractivity contribution in [3.05, 3.63) is 35.9 Å². The van der Waals surface area contributed by atoms with E-state index in [4.69, 9.17) is 5.73 Å². The van der Waals surface area contributed by atoms with Gasteiger partial charge in [-0.15, -0.1) is 0 Å². The first-order chi connectivity index (χ1) is 8.17. The molecule has 2 atom stereocenters. The van der Waals surface area contributed by atoms with Gasteiger partial charge in [-0.1, -0.05) is 51.1 Å². The Morgan fingerprint density at radius 3 is 2.29 bits per heavy atom. The molecule has 1 aromatic carbocycles. The summed E-state index contributed by atoms with van der Waals surface area (Å²) >= 11 is 0. The van der Waals surface area contributed by atoms with Gasteiger partial charge in [-0.05, 0) is 30.5 Å². The van der Waals surface area contributed by atoms with Gasteiger partial charge in [0.2, 0.25) is 0 Å². The minimum absolute atomic E-state index is 0.597. The van der Waals surface area contributed by atoms with E-state index in [-0.39, 0.29) is 0 Å². The average Bonchev–Trinajstić information content (AvgIpc) is 2.38. The van der Waals surface area contributed by atoms with Gasteiger partial charge in [0.25, 0.3) is 0 Å². The van der Waals surface area contributed by atoms with Crippen LogP contribution < -0.4 is 5.73 Å². The monoisotopic (exact) mass is 234 g/mol. The van der Waals surface area contributed by atoms with Crippen LogP contribution in [-0.4, -0.2) is 24.5 Å². The summed E-state index contributed by atoms with van der Waals surface area (Å²) in [5.41, 5.74) is 7.11. The fourth-order valence-corrected chi connectivity index (χ4v) is 1.97. The van der Waals surface area contributed by atoms with Crippen molar-refractivity contribution in [3.8, 4) is 0 Å². The Hall–Kier alpha value is -0.860. The Labute approximate surface area is 106 Å². The second-order valence-corrected chi connectivity index (χ2v) is 5.00. The van der Waals surface area contributed by atoms with Crippen LogP contribution >= 0.6 is 0 Å². The molecule has 2 nitrogen and oxygen atoms in total. The lowest BCUT2D eigenvalue weighted by Gasteiger charge is -2.27. The minimum Gasteiger partial charge on any atom is -0.330 e. The fourth-order valence-electron chi connectivity index (χ4n) is 1.97. The molecule has 0 radical (unpaired) electrons. The summed E-state index contributed by atoms with van der Waals surface area (Å²) in [5, 5.41) is 0. The van der Waals surface area contributed by atoms with Crippen LogP contribution in [0, 0.1) is 11.8 Å². The quantitative estimate of drug-likeness (QED) is 0.786. The number of nitrogens with two attached hydrogens (primary N) is 1. The lowest BCUT2D eigenvalue weighted by Crippen LogP contribution is -2.32. The Kier molecular flexibility index (Phi) is 6.23. The molecule has 2 N–H and O–H groups in total. The molecule has 0 amide bonds. The van der Waals surface area contributed by atoms with Crippen LogP contribution in [0.2, 0.25) is 0 Å². The Morgan fingerprint density at radius 2 is 1.76 bits per heavy atom. The van der Waals surface area contributed by atoms with Gasteiger partial charge >= 0.3 is 0 Å². The molecule has 0 aliphatic rings. The molecule has 17 heavy (non-hydrogen) atoms. The maximum absolute atomic E-state index is 5.72. The third kappa shape index (κ3) is 4.88. The first kappa shape index (κ1) is 14.2. The van der Waals surface area contributed by atoms with E-state index in [2.05, 4.69) is 56.0 Å². The molecular formula is C15H26N2. The molecule has 0 saturated carbocycles. The van der Waals surface area contributed by atoms with Crippen LogP contribution in [-0.2, 0) is 6.54 Å². The minimum atomic E-state index is 0.597. The summed E-state index contributed by atoms with van der Waals surface area (Å²) in [6, 6.07) is 10.7. The topological polar surface area (TPSA) is 29.3 Å². The number of benzene rings is 1. The lowest BCUT2D eigenvalue weighted by atomic mass is 9.95. The Balaban J connectivity index is 2.49. The number of nitrogens with zero attached hydrogens (tertiary/aromatic N) is 1. The zero-order chi connectivity index (χ0) is 12.7. The molecule has 0 bridgehead atoms. The summed E-state index contributed by atoms with van der Waals surface area (Å²) < 4.78 is 0. The second-order valence-electron chi connectivity index (χ2n) is 5.00. The summed E-state index contributed by atoms with van der Waals surface area (Å²) in [7, 11) is 0. The maximum atomic E-state index is 5.72. The molecule has 0 aromatic heterocycles. The molecule has 0 aliphatic carbocycles. The summed E-state index contributed by atoms with van der Waals surface area (Å²) in [6.45, 7) is 10.8. The predicted octanol–water partition coefficient (Wildman–Crippen LogP) is 2.74. The number of hydrogen-bond acceptors (Lipinski definition) is 2. The molecule has 2 heteroatoms. The van der Waals surface area contributed by atoms with Crippen LogP contribution in [0.3, 0.4) is 0 Å². The predicted molar refractivity (Wildman–Crippen MR) is 74.8 cm³/mol. The van der Waals surface area contributed by atoms with Gasteiger partial charge in [0, 0.05) is 13.1 Å². The number of hydrogen-bond donors (Lipinski definition) is 1. The smallest absolute Gasteiger partial charge is 0.0233 e. The highest BCUT2D eigenvalue weighted by Crippen LogP contribution is 2.13. The van der Waals surface area contributed by atoms with Crippen LogP contribution in [0.1, 0.15) is 26.3 Å². The van der Waals surface area contributed by atoms with E-state index in [0.29, 0.717) is 11.8 Å². The van der Waals surface area contributed by atoms with Crippen LogP contribution in [0.5, 0.6) is 0 Å².